The Balaban J connectivity index is 1.73. The molecule has 4 heteroatoms. The van der Waals surface area contributed by atoms with Crippen molar-refractivity contribution >= 4 is 0 Å². The van der Waals surface area contributed by atoms with E-state index in [1.54, 1.807) is 0 Å². The molecule has 1 fully saturated rings. The summed E-state index contributed by atoms with van der Waals surface area (Å²) in [5.41, 5.74) is 2.66. The third-order valence-electron chi connectivity index (χ3n) is 4.35. The standard InChI is InChI=1S/C15H23N3O/c1-16-9-11-2-3-14-13(8-11)10-17-15(18-14)12-4-6-19-7-5-12/h10-12,16H,2-9H2,1H3. The first-order valence-electron chi connectivity index (χ1n) is 7.44. The second kappa shape index (κ2) is 5.97. The number of rotatable bonds is 3. The lowest BCUT2D eigenvalue weighted by atomic mass is 9.87. The summed E-state index contributed by atoms with van der Waals surface area (Å²) < 4.78 is 5.41. The highest BCUT2D eigenvalue weighted by Gasteiger charge is 2.23. The molecule has 1 aliphatic heterocycles. The number of aryl methyl sites for hydroxylation is 1. The van der Waals surface area contributed by atoms with Crippen molar-refractivity contribution in [1.29, 1.82) is 0 Å². The summed E-state index contributed by atoms with van der Waals surface area (Å²) >= 11 is 0. The quantitative estimate of drug-likeness (QED) is 0.899. The Hall–Kier alpha value is -1.00. The first-order chi connectivity index (χ1) is 9.36. The van der Waals surface area contributed by atoms with E-state index in [1.807, 2.05) is 7.05 Å². The first-order valence-corrected chi connectivity index (χ1v) is 7.44. The van der Waals surface area contributed by atoms with E-state index >= 15 is 0 Å². The predicted molar refractivity (Wildman–Crippen MR) is 74.3 cm³/mol. The molecule has 0 bridgehead atoms. The molecule has 0 saturated carbocycles. The van der Waals surface area contributed by atoms with Crippen molar-refractivity contribution in [2.75, 3.05) is 26.8 Å². The van der Waals surface area contributed by atoms with E-state index in [2.05, 4.69) is 16.5 Å². The SMILES string of the molecule is CNCC1CCc2nc(C3CCOCC3)ncc2C1. The molecule has 19 heavy (non-hydrogen) atoms. The van der Waals surface area contributed by atoms with E-state index in [1.165, 1.54) is 17.7 Å². The molecule has 1 unspecified atom stereocenters. The lowest BCUT2D eigenvalue weighted by molar-refractivity contribution is 0.0835. The molecule has 0 radical (unpaired) electrons. The van der Waals surface area contributed by atoms with Gasteiger partial charge in [-0.15, -0.1) is 0 Å². The first kappa shape index (κ1) is 13.0. The van der Waals surface area contributed by atoms with Crippen molar-refractivity contribution in [3.05, 3.63) is 23.3 Å². The molecule has 4 nitrogen and oxygen atoms in total. The van der Waals surface area contributed by atoms with Crippen molar-refractivity contribution in [3.8, 4) is 0 Å². The van der Waals surface area contributed by atoms with E-state index in [9.17, 15) is 0 Å². The average Bonchev–Trinajstić information content (AvgIpc) is 2.48. The summed E-state index contributed by atoms with van der Waals surface area (Å²) in [6, 6.07) is 0. The van der Waals surface area contributed by atoms with Crippen LogP contribution in [0.4, 0.5) is 0 Å². The molecular formula is C15H23N3O. The highest BCUT2D eigenvalue weighted by molar-refractivity contribution is 5.22. The second-order valence-electron chi connectivity index (χ2n) is 5.75. The van der Waals surface area contributed by atoms with Crippen LogP contribution in [0.15, 0.2) is 6.20 Å². The van der Waals surface area contributed by atoms with Crippen LogP contribution in [0.25, 0.3) is 0 Å². The fraction of sp³-hybridized carbons (Fsp3) is 0.733. The zero-order valence-electron chi connectivity index (χ0n) is 11.7. The zero-order valence-corrected chi connectivity index (χ0v) is 11.7. The van der Waals surface area contributed by atoms with Crippen LogP contribution in [0.3, 0.4) is 0 Å². The van der Waals surface area contributed by atoms with Gasteiger partial charge >= 0.3 is 0 Å². The van der Waals surface area contributed by atoms with Gasteiger partial charge in [0.2, 0.25) is 0 Å². The molecular weight excluding hydrogens is 238 g/mol. The molecule has 1 aromatic heterocycles. The average molecular weight is 261 g/mol. The van der Waals surface area contributed by atoms with Gasteiger partial charge in [-0.2, -0.15) is 0 Å². The Bertz CT molecular complexity index is 429. The van der Waals surface area contributed by atoms with Gasteiger partial charge in [0.05, 0.1) is 0 Å². The van der Waals surface area contributed by atoms with Gasteiger partial charge in [0.15, 0.2) is 0 Å². The number of nitrogens with one attached hydrogen (secondary N) is 1. The molecule has 3 rings (SSSR count). The van der Waals surface area contributed by atoms with Crippen LogP contribution in [0.5, 0.6) is 0 Å². The van der Waals surface area contributed by atoms with Gasteiger partial charge in [-0.1, -0.05) is 0 Å². The summed E-state index contributed by atoms with van der Waals surface area (Å²) in [6.45, 7) is 2.81. The summed E-state index contributed by atoms with van der Waals surface area (Å²) in [5, 5.41) is 3.28. The number of fused-ring (bicyclic) bond motifs is 1. The van der Waals surface area contributed by atoms with Crippen LogP contribution < -0.4 is 5.32 Å². The van der Waals surface area contributed by atoms with Crippen LogP contribution in [0.1, 0.15) is 42.3 Å². The highest BCUT2D eigenvalue weighted by atomic mass is 16.5. The Morgan fingerprint density at radius 1 is 1.32 bits per heavy atom. The second-order valence-corrected chi connectivity index (χ2v) is 5.75. The fourth-order valence-corrected chi connectivity index (χ4v) is 3.21. The Morgan fingerprint density at radius 2 is 2.16 bits per heavy atom. The highest BCUT2D eigenvalue weighted by Crippen LogP contribution is 2.28. The van der Waals surface area contributed by atoms with Crippen LogP contribution >= 0.6 is 0 Å². The van der Waals surface area contributed by atoms with Crippen LogP contribution in [-0.4, -0.2) is 36.8 Å². The van der Waals surface area contributed by atoms with E-state index in [4.69, 9.17) is 9.72 Å². The summed E-state index contributed by atoms with van der Waals surface area (Å²) in [6.07, 6.45) is 7.71. The van der Waals surface area contributed by atoms with Crippen molar-refractivity contribution in [1.82, 2.24) is 15.3 Å². The summed E-state index contributed by atoms with van der Waals surface area (Å²) in [5.74, 6) is 2.30. The molecule has 1 aliphatic carbocycles. The van der Waals surface area contributed by atoms with Crippen molar-refractivity contribution in [2.24, 2.45) is 5.92 Å². The largest absolute Gasteiger partial charge is 0.381 e. The van der Waals surface area contributed by atoms with Crippen molar-refractivity contribution < 1.29 is 4.74 Å². The van der Waals surface area contributed by atoms with Gasteiger partial charge in [0, 0.05) is 31.0 Å². The van der Waals surface area contributed by atoms with Gasteiger partial charge in [0.25, 0.3) is 0 Å². The van der Waals surface area contributed by atoms with E-state index in [0.717, 1.165) is 57.2 Å². The van der Waals surface area contributed by atoms with Crippen molar-refractivity contribution in [3.63, 3.8) is 0 Å². The lowest BCUT2D eigenvalue weighted by Crippen LogP contribution is -2.26. The Kier molecular flexibility index (Phi) is 4.09. The lowest BCUT2D eigenvalue weighted by Gasteiger charge is -2.25. The van der Waals surface area contributed by atoms with E-state index in [0.29, 0.717) is 5.92 Å². The number of hydrogen-bond acceptors (Lipinski definition) is 4. The Morgan fingerprint density at radius 3 is 2.95 bits per heavy atom. The third-order valence-corrected chi connectivity index (χ3v) is 4.35. The maximum Gasteiger partial charge on any atom is 0.131 e. The van der Waals surface area contributed by atoms with E-state index in [-0.39, 0.29) is 0 Å². The summed E-state index contributed by atoms with van der Waals surface area (Å²) in [4.78, 5) is 9.47. The van der Waals surface area contributed by atoms with Crippen molar-refractivity contribution in [2.45, 2.75) is 38.0 Å². The number of hydrogen-bond donors (Lipinski definition) is 1. The minimum atomic E-state index is 0.508. The van der Waals surface area contributed by atoms with Gasteiger partial charge in [-0.25, -0.2) is 9.97 Å². The van der Waals surface area contributed by atoms with Crippen LogP contribution in [-0.2, 0) is 17.6 Å². The predicted octanol–water partition coefficient (Wildman–Crippen LogP) is 1.69. The molecule has 1 atom stereocenters. The van der Waals surface area contributed by atoms with Gasteiger partial charge in [-0.05, 0) is 57.2 Å². The molecule has 0 aromatic carbocycles. The molecule has 0 amide bonds. The molecule has 1 N–H and O–H groups in total. The number of nitrogens with zero attached hydrogens (tertiary/aromatic N) is 2. The van der Waals surface area contributed by atoms with Gasteiger partial charge in [0.1, 0.15) is 5.82 Å². The topological polar surface area (TPSA) is 47.0 Å². The minimum Gasteiger partial charge on any atom is -0.381 e. The van der Waals surface area contributed by atoms with Crippen LogP contribution in [0.2, 0.25) is 0 Å². The third kappa shape index (κ3) is 2.95. The monoisotopic (exact) mass is 261 g/mol. The molecule has 0 spiro atoms. The minimum absolute atomic E-state index is 0.508. The normalized spacial score (nSPS) is 24.2. The van der Waals surface area contributed by atoms with Crippen LogP contribution in [0, 0.1) is 5.92 Å². The maximum absolute atomic E-state index is 5.41. The van der Waals surface area contributed by atoms with E-state index < -0.39 is 0 Å². The maximum atomic E-state index is 5.41. The molecule has 2 heterocycles. The summed E-state index contributed by atoms with van der Waals surface area (Å²) in [7, 11) is 2.03. The molecule has 104 valence electrons. The molecule has 1 aromatic rings. The smallest absolute Gasteiger partial charge is 0.131 e. The Labute approximate surface area is 115 Å². The van der Waals surface area contributed by atoms with Gasteiger partial charge < -0.3 is 10.1 Å². The van der Waals surface area contributed by atoms with Gasteiger partial charge in [-0.3, -0.25) is 0 Å². The number of aromatic nitrogens is 2. The fourth-order valence-electron chi connectivity index (χ4n) is 3.21. The zero-order chi connectivity index (χ0) is 13.1. The molecule has 2 aliphatic rings. The number of ether oxygens (including phenoxy) is 1. The molecule has 1 saturated heterocycles.